The van der Waals surface area contributed by atoms with E-state index in [2.05, 4.69) is 55.6 Å². The number of nitrogens with zero attached hydrogens (tertiary/aromatic N) is 4. The molecule has 1 aromatic heterocycles. The molecule has 34 heavy (non-hydrogen) atoms. The number of anilines is 1. The number of carbonyl (C=O) groups is 1. The van der Waals surface area contributed by atoms with Crippen LogP contribution >= 0.6 is 0 Å². The van der Waals surface area contributed by atoms with E-state index in [-0.39, 0.29) is 5.91 Å². The van der Waals surface area contributed by atoms with Crippen LogP contribution in [0.1, 0.15) is 16.8 Å². The number of nitrogens with one attached hydrogen (secondary N) is 1. The molecule has 0 unspecified atom stereocenters. The van der Waals surface area contributed by atoms with Gasteiger partial charge in [-0.05, 0) is 31.2 Å². The molecule has 3 aromatic carbocycles. The topological polar surface area (TPSA) is 61.4 Å². The zero-order valence-corrected chi connectivity index (χ0v) is 19.2. The summed E-state index contributed by atoms with van der Waals surface area (Å²) in [6.45, 7) is 5.75. The smallest absolute Gasteiger partial charge is 0.254 e. The number of hydrogen-bond donors (Lipinski definition) is 1. The molecular weight excluding hydrogens is 422 g/mol. The van der Waals surface area contributed by atoms with Gasteiger partial charge in [0.2, 0.25) is 0 Å². The van der Waals surface area contributed by atoms with E-state index in [0.29, 0.717) is 17.8 Å². The summed E-state index contributed by atoms with van der Waals surface area (Å²) in [6.07, 6.45) is 0.911. The number of para-hydroxylation sites is 1. The Morgan fingerprint density at radius 2 is 1.47 bits per heavy atom. The largest absolute Gasteiger partial charge is 0.369 e. The fourth-order valence-corrected chi connectivity index (χ4v) is 4.54. The molecule has 1 aliphatic heterocycles. The molecule has 1 N–H and O–H groups in total. The third kappa shape index (κ3) is 4.92. The van der Waals surface area contributed by atoms with Crippen LogP contribution in [0.2, 0.25) is 0 Å². The minimum atomic E-state index is -0.0983. The lowest BCUT2D eigenvalue weighted by atomic mass is 10.0. The Kier molecular flexibility index (Phi) is 6.77. The van der Waals surface area contributed by atoms with Gasteiger partial charge < -0.3 is 10.2 Å². The number of fused-ring (bicyclic) bond motifs is 1. The normalized spacial score (nSPS) is 14.3. The van der Waals surface area contributed by atoms with Gasteiger partial charge in [0, 0.05) is 49.4 Å². The van der Waals surface area contributed by atoms with Crippen molar-refractivity contribution in [3.05, 3.63) is 90.5 Å². The monoisotopic (exact) mass is 451 g/mol. The Morgan fingerprint density at radius 3 is 2.24 bits per heavy atom. The number of piperazine rings is 1. The van der Waals surface area contributed by atoms with E-state index in [1.807, 2.05) is 54.6 Å². The average molecular weight is 452 g/mol. The Morgan fingerprint density at radius 1 is 0.794 bits per heavy atom. The van der Waals surface area contributed by atoms with Crippen molar-refractivity contribution in [2.75, 3.05) is 44.2 Å². The Bertz CT molecular complexity index is 1240. The third-order valence-electron chi connectivity index (χ3n) is 6.37. The van der Waals surface area contributed by atoms with Crippen LogP contribution in [0.3, 0.4) is 0 Å². The van der Waals surface area contributed by atoms with Crippen LogP contribution in [-0.4, -0.2) is 60.3 Å². The van der Waals surface area contributed by atoms with Crippen LogP contribution in [0.4, 0.5) is 5.69 Å². The molecule has 0 spiro atoms. The predicted molar refractivity (Wildman–Crippen MR) is 137 cm³/mol. The van der Waals surface area contributed by atoms with E-state index >= 15 is 0 Å². The van der Waals surface area contributed by atoms with Crippen molar-refractivity contribution in [3.63, 3.8) is 0 Å². The standard InChI is InChI=1S/C28H29N5O/c34-28(29-16-9-17-32-18-20-33(21-19-32)23-12-5-2-6-13-23)26-24-14-7-8-15-25(24)30-31-27(26)22-10-3-1-4-11-22/h1-8,10-15H,9,16-21H2,(H,29,34). The molecule has 172 valence electrons. The molecule has 1 amide bonds. The molecule has 0 saturated carbocycles. The van der Waals surface area contributed by atoms with Crippen molar-refractivity contribution >= 4 is 22.5 Å². The molecule has 1 aliphatic rings. The summed E-state index contributed by atoms with van der Waals surface area (Å²) in [5, 5.41) is 12.7. The molecule has 4 aromatic rings. The first-order chi connectivity index (χ1) is 16.8. The molecule has 6 heteroatoms. The van der Waals surface area contributed by atoms with E-state index in [0.717, 1.165) is 55.6 Å². The van der Waals surface area contributed by atoms with Crippen LogP contribution in [0.25, 0.3) is 22.2 Å². The molecule has 0 aliphatic carbocycles. The summed E-state index contributed by atoms with van der Waals surface area (Å²) in [5.41, 5.74) is 4.12. The highest BCUT2D eigenvalue weighted by Gasteiger charge is 2.20. The summed E-state index contributed by atoms with van der Waals surface area (Å²) < 4.78 is 0. The second-order valence-electron chi connectivity index (χ2n) is 8.58. The van der Waals surface area contributed by atoms with Crippen molar-refractivity contribution in [1.29, 1.82) is 0 Å². The van der Waals surface area contributed by atoms with Crippen molar-refractivity contribution in [3.8, 4) is 11.3 Å². The molecule has 6 nitrogen and oxygen atoms in total. The van der Waals surface area contributed by atoms with Gasteiger partial charge >= 0.3 is 0 Å². The van der Waals surface area contributed by atoms with Crippen LogP contribution in [0, 0.1) is 0 Å². The van der Waals surface area contributed by atoms with Crippen molar-refractivity contribution in [2.45, 2.75) is 6.42 Å². The number of amides is 1. The summed E-state index contributed by atoms with van der Waals surface area (Å²) in [7, 11) is 0. The minimum Gasteiger partial charge on any atom is -0.369 e. The highest BCUT2D eigenvalue weighted by atomic mass is 16.1. The number of aromatic nitrogens is 2. The molecule has 0 bridgehead atoms. The van der Waals surface area contributed by atoms with E-state index in [1.54, 1.807) is 0 Å². The summed E-state index contributed by atoms with van der Waals surface area (Å²) in [4.78, 5) is 18.2. The lowest BCUT2D eigenvalue weighted by Gasteiger charge is -2.36. The van der Waals surface area contributed by atoms with Gasteiger partial charge in [0.1, 0.15) is 5.69 Å². The summed E-state index contributed by atoms with van der Waals surface area (Å²) >= 11 is 0. The number of carbonyl (C=O) groups excluding carboxylic acids is 1. The van der Waals surface area contributed by atoms with Gasteiger partial charge in [-0.2, -0.15) is 0 Å². The second kappa shape index (κ2) is 10.4. The SMILES string of the molecule is O=C(NCCCN1CCN(c2ccccc2)CC1)c1c(-c2ccccc2)nnc2ccccc12. The Hall–Kier alpha value is -3.77. The van der Waals surface area contributed by atoms with Gasteiger partial charge in [-0.3, -0.25) is 9.69 Å². The second-order valence-corrected chi connectivity index (χ2v) is 8.58. The molecule has 2 heterocycles. The summed E-state index contributed by atoms with van der Waals surface area (Å²) in [6, 6.07) is 28.1. The van der Waals surface area contributed by atoms with E-state index in [9.17, 15) is 4.79 Å². The van der Waals surface area contributed by atoms with Crippen LogP contribution < -0.4 is 10.2 Å². The third-order valence-corrected chi connectivity index (χ3v) is 6.37. The van der Waals surface area contributed by atoms with Gasteiger partial charge in [-0.15, -0.1) is 10.2 Å². The predicted octanol–water partition coefficient (Wildman–Crippen LogP) is 4.24. The zero-order chi connectivity index (χ0) is 23.2. The lowest BCUT2D eigenvalue weighted by molar-refractivity contribution is 0.0953. The van der Waals surface area contributed by atoms with Crippen LogP contribution in [0.15, 0.2) is 84.9 Å². The molecule has 1 saturated heterocycles. The molecule has 5 rings (SSSR count). The quantitative estimate of drug-likeness (QED) is 0.426. The van der Waals surface area contributed by atoms with Gasteiger partial charge in [0.25, 0.3) is 5.91 Å². The first-order valence-electron chi connectivity index (χ1n) is 11.9. The molecule has 0 atom stereocenters. The molecule has 1 fully saturated rings. The Labute approximate surface area is 200 Å². The van der Waals surface area contributed by atoms with Gasteiger partial charge in [-0.25, -0.2) is 0 Å². The first kappa shape index (κ1) is 22.0. The maximum Gasteiger partial charge on any atom is 0.254 e. The number of rotatable bonds is 7. The number of hydrogen-bond acceptors (Lipinski definition) is 5. The first-order valence-corrected chi connectivity index (χ1v) is 11.9. The van der Waals surface area contributed by atoms with Crippen LogP contribution in [-0.2, 0) is 0 Å². The van der Waals surface area contributed by atoms with Crippen LogP contribution in [0.5, 0.6) is 0 Å². The Balaban J connectivity index is 1.20. The zero-order valence-electron chi connectivity index (χ0n) is 19.2. The van der Waals surface area contributed by atoms with Gasteiger partial charge in [-0.1, -0.05) is 66.7 Å². The fraction of sp³-hybridized carbons (Fsp3) is 0.250. The highest BCUT2D eigenvalue weighted by molar-refractivity contribution is 6.10. The van der Waals surface area contributed by atoms with E-state index in [1.165, 1.54) is 5.69 Å². The maximum absolute atomic E-state index is 13.3. The van der Waals surface area contributed by atoms with Crippen molar-refractivity contribution in [1.82, 2.24) is 20.4 Å². The number of benzene rings is 3. The van der Waals surface area contributed by atoms with Crippen molar-refractivity contribution in [2.24, 2.45) is 0 Å². The average Bonchev–Trinajstić information content (AvgIpc) is 2.91. The minimum absolute atomic E-state index is 0.0983. The molecule has 0 radical (unpaired) electrons. The van der Waals surface area contributed by atoms with Crippen molar-refractivity contribution < 1.29 is 4.79 Å². The lowest BCUT2D eigenvalue weighted by Crippen LogP contribution is -2.47. The fourth-order valence-electron chi connectivity index (χ4n) is 4.54. The highest BCUT2D eigenvalue weighted by Crippen LogP contribution is 2.26. The van der Waals surface area contributed by atoms with E-state index < -0.39 is 0 Å². The van der Waals surface area contributed by atoms with Gasteiger partial charge in [0.05, 0.1) is 11.1 Å². The summed E-state index contributed by atoms with van der Waals surface area (Å²) in [5.74, 6) is -0.0983. The van der Waals surface area contributed by atoms with Gasteiger partial charge in [0.15, 0.2) is 0 Å². The molecular formula is C28H29N5O. The maximum atomic E-state index is 13.3. The van der Waals surface area contributed by atoms with E-state index in [4.69, 9.17) is 0 Å².